The lowest BCUT2D eigenvalue weighted by atomic mass is 10.0. The maximum atomic E-state index is 12.3. The topological polar surface area (TPSA) is 72.8 Å². The zero-order chi connectivity index (χ0) is 18.4. The van der Waals surface area contributed by atoms with Gasteiger partial charge in [0.2, 0.25) is 0 Å². The molecule has 0 fully saturated rings. The van der Waals surface area contributed by atoms with E-state index in [2.05, 4.69) is 0 Å². The first kappa shape index (κ1) is 18.3. The molecular formula is C20H20O5. The summed E-state index contributed by atoms with van der Waals surface area (Å²) < 4.78 is 10.3. The number of ether oxygens (including phenoxy) is 2. The van der Waals surface area contributed by atoms with Gasteiger partial charge in [-0.05, 0) is 54.8 Å². The van der Waals surface area contributed by atoms with Crippen molar-refractivity contribution < 1.29 is 24.2 Å². The van der Waals surface area contributed by atoms with Gasteiger partial charge in [-0.15, -0.1) is 0 Å². The minimum atomic E-state index is -1.08. The summed E-state index contributed by atoms with van der Waals surface area (Å²) in [5.74, 6) is -0.675. The summed E-state index contributed by atoms with van der Waals surface area (Å²) in [4.78, 5) is 22.9. The quantitative estimate of drug-likeness (QED) is 0.615. The lowest BCUT2D eigenvalue weighted by Crippen LogP contribution is -2.10. The lowest BCUT2D eigenvalue weighted by Gasteiger charge is -2.10. The molecule has 0 spiro atoms. The van der Waals surface area contributed by atoms with E-state index >= 15 is 0 Å². The molecule has 0 radical (unpaired) electrons. The average molecular weight is 340 g/mol. The van der Waals surface area contributed by atoms with Crippen molar-refractivity contribution in [2.45, 2.75) is 13.8 Å². The Hall–Kier alpha value is -3.08. The minimum Gasteiger partial charge on any atom is -0.493 e. The Balaban J connectivity index is 2.16. The number of hydrogen-bond donors (Lipinski definition) is 1. The van der Waals surface area contributed by atoms with Crippen LogP contribution in [0.4, 0.5) is 0 Å². The van der Waals surface area contributed by atoms with Crippen molar-refractivity contribution in [1.82, 2.24) is 0 Å². The predicted octanol–water partition coefficient (Wildman–Crippen LogP) is 3.67. The highest BCUT2D eigenvalue weighted by atomic mass is 16.5. The van der Waals surface area contributed by atoms with E-state index in [1.807, 2.05) is 32.0 Å². The molecule has 0 amide bonds. The second-order valence-electron chi connectivity index (χ2n) is 5.59. The van der Waals surface area contributed by atoms with Crippen LogP contribution in [0, 0.1) is 13.8 Å². The number of ketones is 1. The number of carboxylic acid groups (broad SMARTS) is 1. The molecule has 130 valence electrons. The second-order valence-corrected chi connectivity index (χ2v) is 5.59. The Morgan fingerprint density at radius 1 is 1.04 bits per heavy atom. The van der Waals surface area contributed by atoms with Gasteiger partial charge in [0.1, 0.15) is 0 Å². The Morgan fingerprint density at radius 3 is 2.44 bits per heavy atom. The fraction of sp³-hybridized carbons (Fsp3) is 0.200. The Kier molecular flexibility index (Phi) is 5.95. The minimum absolute atomic E-state index is 0.179. The summed E-state index contributed by atoms with van der Waals surface area (Å²) in [6.45, 7) is 3.58. The molecule has 0 aliphatic carbocycles. The Bertz CT molecular complexity index is 821. The third-order valence-electron chi connectivity index (χ3n) is 3.76. The fourth-order valence-electron chi connectivity index (χ4n) is 2.22. The van der Waals surface area contributed by atoms with Crippen molar-refractivity contribution in [1.29, 1.82) is 0 Å². The van der Waals surface area contributed by atoms with E-state index in [0.29, 0.717) is 11.3 Å². The van der Waals surface area contributed by atoms with Crippen molar-refractivity contribution in [3.8, 4) is 11.5 Å². The number of aliphatic carboxylic acids is 1. The van der Waals surface area contributed by atoms with Crippen LogP contribution in [0.2, 0.25) is 0 Å². The van der Waals surface area contributed by atoms with Gasteiger partial charge in [-0.3, -0.25) is 4.79 Å². The number of carboxylic acids is 1. The number of rotatable bonds is 7. The van der Waals surface area contributed by atoms with Crippen LogP contribution in [-0.2, 0) is 4.79 Å². The van der Waals surface area contributed by atoms with E-state index in [4.69, 9.17) is 14.6 Å². The summed E-state index contributed by atoms with van der Waals surface area (Å²) in [5, 5.41) is 8.67. The molecule has 0 heterocycles. The lowest BCUT2D eigenvalue weighted by molar-refractivity contribution is -0.139. The van der Waals surface area contributed by atoms with Crippen LogP contribution < -0.4 is 9.47 Å². The van der Waals surface area contributed by atoms with Gasteiger partial charge in [-0.25, -0.2) is 4.79 Å². The van der Waals surface area contributed by atoms with E-state index in [9.17, 15) is 9.59 Å². The molecule has 0 saturated carbocycles. The highest BCUT2D eigenvalue weighted by molar-refractivity contribution is 6.07. The molecule has 2 rings (SSSR count). The maximum absolute atomic E-state index is 12.3. The van der Waals surface area contributed by atoms with Gasteiger partial charge in [0.15, 0.2) is 23.9 Å². The molecule has 2 aromatic rings. The number of hydrogen-bond acceptors (Lipinski definition) is 4. The van der Waals surface area contributed by atoms with Gasteiger partial charge < -0.3 is 14.6 Å². The van der Waals surface area contributed by atoms with Gasteiger partial charge in [0.25, 0.3) is 0 Å². The normalized spacial score (nSPS) is 10.7. The second kappa shape index (κ2) is 8.15. The standard InChI is InChI=1S/C20H20O5/c1-13-4-5-15(10-14(13)2)6-8-17(21)16-7-9-18(19(11-16)24-3)25-12-20(22)23/h4-11H,12H2,1-3H3,(H,22,23). The number of allylic oxidation sites excluding steroid dienone is 1. The van der Waals surface area contributed by atoms with Crippen LogP contribution in [0.25, 0.3) is 6.08 Å². The number of benzene rings is 2. The SMILES string of the molecule is COc1cc(C(=O)C=Cc2ccc(C)c(C)c2)ccc1OCC(=O)O. The number of carbonyl (C=O) groups is 2. The number of carbonyl (C=O) groups excluding carboxylic acids is 1. The summed E-state index contributed by atoms with van der Waals surface area (Å²) in [7, 11) is 1.43. The molecule has 0 saturated heterocycles. The van der Waals surface area contributed by atoms with Crippen LogP contribution >= 0.6 is 0 Å². The monoisotopic (exact) mass is 340 g/mol. The third kappa shape index (κ3) is 4.94. The zero-order valence-corrected chi connectivity index (χ0v) is 14.4. The average Bonchev–Trinajstić information content (AvgIpc) is 2.60. The van der Waals surface area contributed by atoms with Crippen molar-refractivity contribution in [3.63, 3.8) is 0 Å². The van der Waals surface area contributed by atoms with Crippen molar-refractivity contribution in [2.24, 2.45) is 0 Å². The van der Waals surface area contributed by atoms with Crippen LogP contribution in [0.3, 0.4) is 0 Å². The first-order valence-corrected chi connectivity index (χ1v) is 7.73. The molecule has 0 aliphatic rings. The molecule has 0 atom stereocenters. The summed E-state index contributed by atoms with van der Waals surface area (Å²) in [6, 6.07) is 10.6. The van der Waals surface area contributed by atoms with Gasteiger partial charge in [0, 0.05) is 5.56 Å². The summed E-state index contributed by atoms with van der Waals surface area (Å²) in [6.07, 6.45) is 3.26. The van der Waals surface area contributed by atoms with Crippen LogP contribution in [0.15, 0.2) is 42.5 Å². The van der Waals surface area contributed by atoms with E-state index in [0.717, 1.165) is 11.1 Å². The fourth-order valence-corrected chi connectivity index (χ4v) is 2.22. The van der Waals surface area contributed by atoms with Crippen LogP contribution in [0.1, 0.15) is 27.0 Å². The number of aryl methyl sites for hydroxylation is 2. The van der Waals surface area contributed by atoms with E-state index in [1.54, 1.807) is 12.1 Å². The largest absolute Gasteiger partial charge is 0.493 e. The summed E-state index contributed by atoms with van der Waals surface area (Å²) in [5.41, 5.74) is 3.74. The Morgan fingerprint density at radius 2 is 1.80 bits per heavy atom. The van der Waals surface area contributed by atoms with Crippen molar-refractivity contribution >= 4 is 17.8 Å². The molecule has 0 bridgehead atoms. The van der Waals surface area contributed by atoms with Gasteiger partial charge >= 0.3 is 5.97 Å². The molecular weight excluding hydrogens is 320 g/mol. The van der Waals surface area contributed by atoms with Gasteiger partial charge in [-0.2, -0.15) is 0 Å². The van der Waals surface area contributed by atoms with E-state index in [1.165, 1.54) is 30.9 Å². The van der Waals surface area contributed by atoms with E-state index in [-0.39, 0.29) is 11.5 Å². The van der Waals surface area contributed by atoms with Crippen molar-refractivity contribution in [2.75, 3.05) is 13.7 Å². The zero-order valence-electron chi connectivity index (χ0n) is 14.4. The maximum Gasteiger partial charge on any atom is 0.341 e. The molecule has 0 unspecified atom stereocenters. The molecule has 1 N–H and O–H groups in total. The third-order valence-corrected chi connectivity index (χ3v) is 3.76. The van der Waals surface area contributed by atoms with Gasteiger partial charge in [0.05, 0.1) is 7.11 Å². The molecule has 5 heteroatoms. The van der Waals surface area contributed by atoms with Crippen LogP contribution in [0.5, 0.6) is 11.5 Å². The molecule has 2 aromatic carbocycles. The molecule has 5 nitrogen and oxygen atoms in total. The highest BCUT2D eigenvalue weighted by Crippen LogP contribution is 2.28. The highest BCUT2D eigenvalue weighted by Gasteiger charge is 2.10. The smallest absolute Gasteiger partial charge is 0.341 e. The summed E-state index contributed by atoms with van der Waals surface area (Å²) >= 11 is 0. The van der Waals surface area contributed by atoms with E-state index < -0.39 is 12.6 Å². The number of methoxy groups -OCH3 is 1. The van der Waals surface area contributed by atoms with Crippen LogP contribution in [-0.4, -0.2) is 30.6 Å². The first-order chi connectivity index (χ1) is 11.9. The van der Waals surface area contributed by atoms with Crippen molar-refractivity contribution in [3.05, 3.63) is 64.7 Å². The molecule has 0 aromatic heterocycles. The van der Waals surface area contributed by atoms with Gasteiger partial charge in [-0.1, -0.05) is 24.3 Å². The predicted molar refractivity (Wildman–Crippen MR) is 95.4 cm³/mol. The molecule has 25 heavy (non-hydrogen) atoms. The first-order valence-electron chi connectivity index (χ1n) is 7.73. The molecule has 0 aliphatic heterocycles. The Labute approximate surface area is 146 Å².